The molecular weight excluding hydrogens is 479 g/mol. The molecule has 0 bridgehead atoms. The highest BCUT2D eigenvalue weighted by atomic mass is 19.4. The van der Waals surface area contributed by atoms with E-state index in [0.717, 1.165) is 49.7 Å². The zero-order valence-electron chi connectivity index (χ0n) is 22.2. The number of fused-ring (bicyclic) bond motifs is 1. The number of nitrogens with one attached hydrogen (secondary N) is 1. The van der Waals surface area contributed by atoms with Crippen molar-refractivity contribution in [2.24, 2.45) is 11.8 Å². The summed E-state index contributed by atoms with van der Waals surface area (Å²) < 4.78 is 41.0. The van der Waals surface area contributed by atoms with E-state index in [0.29, 0.717) is 32.2 Å². The van der Waals surface area contributed by atoms with Gasteiger partial charge in [0.1, 0.15) is 6.04 Å². The lowest BCUT2D eigenvalue weighted by Crippen LogP contribution is -2.57. The summed E-state index contributed by atoms with van der Waals surface area (Å²) in [4.78, 5) is 30.1. The van der Waals surface area contributed by atoms with Crippen LogP contribution >= 0.6 is 0 Å². The second-order valence-corrected chi connectivity index (χ2v) is 11.4. The maximum absolute atomic E-state index is 13.9. The molecule has 1 aliphatic heterocycles. The molecule has 206 valence electrons. The molecule has 1 saturated heterocycles. The topological polar surface area (TPSA) is 52.7 Å². The van der Waals surface area contributed by atoms with Crippen LogP contribution in [0.4, 0.5) is 13.2 Å². The lowest BCUT2D eigenvalue weighted by atomic mass is 9.83. The Hall–Kier alpha value is -2.09. The van der Waals surface area contributed by atoms with E-state index in [1.807, 2.05) is 38.1 Å². The van der Waals surface area contributed by atoms with Crippen molar-refractivity contribution in [3.63, 3.8) is 0 Å². The van der Waals surface area contributed by atoms with Crippen LogP contribution in [0.25, 0.3) is 0 Å². The number of likely N-dealkylation sites (tertiary alicyclic amines) is 1. The molecule has 0 unspecified atom stereocenters. The van der Waals surface area contributed by atoms with Gasteiger partial charge >= 0.3 is 6.18 Å². The Morgan fingerprint density at radius 1 is 1.05 bits per heavy atom. The molecule has 5 nitrogen and oxygen atoms in total. The molecular formula is C29H42F3N3O2. The van der Waals surface area contributed by atoms with Crippen LogP contribution in [-0.2, 0) is 22.4 Å². The van der Waals surface area contributed by atoms with Crippen molar-refractivity contribution in [1.29, 1.82) is 0 Å². The number of carbonyl (C=O) groups excluding carboxylic acids is 2. The molecule has 2 amide bonds. The third-order valence-electron chi connectivity index (χ3n) is 8.78. The summed E-state index contributed by atoms with van der Waals surface area (Å²) in [5, 5.41) is 3.07. The molecule has 37 heavy (non-hydrogen) atoms. The second-order valence-electron chi connectivity index (χ2n) is 11.4. The number of alkyl halides is 3. The molecule has 1 aromatic carbocycles. The SMILES string of the molecule is CC[C@@H](C)C(=O)N[C@H](C(=O)N1CCC[C@H]1CN(CC(F)(F)F)C1Cc2ccccc2C1)C1CCCCC1. The first-order valence-electron chi connectivity index (χ1n) is 14.1. The minimum absolute atomic E-state index is 0.0890. The van der Waals surface area contributed by atoms with Gasteiger partial charge in [-0.15, -0.1) is 0 Å². The van der Waals surface area contributed by atoms with Crippen LogP contribution < -0.4 is 5.32 Å². The predicted molar refractivity (Wildman–Crippen MR) is 138 cm³/mol. The molecule has 1 N–H and O–H groups in total. The summed E-state index contributed by atoms with van der Waals surface area (Å²) in [5.41, 5.74) is 2.23. The fourth-order valence-corrected chi connectivity index (χ4v) is 6.46. The first-order chi connectivity index (χ1) is 17.7. The van der Waals surface area contributed by atoms with Crippen molar-refractivity contribution < 1.29 is 22.8 Å². The maximum Gasteiger partial charge on any atom is 0.401 e. The molecule has 1 aromatic rings. The summed E-state index contributed by atoms with van der Waals surface area (Å²) >= 11 is 0. The first-order valence-corrected chi connectivity index (χ1v) is 14.1. The minimum atomic E-state index is -4.31. The summed E-state index contributed by atoms with van der Waals surface area (Å²) in [6.07, 6.45) is 4.07. The molecule has 8 heteroatoms. The van der Waals surface area contributed by atoms with Crippen molar-refractivity contribution >= 4 is 11.8 Å². The lowest BCUT2D eigenvalue weighted by Gasteiger charge is -2.38. The maximum atomic E-state index is 13.9. The molecule has 2 fully saturated rings. The fourth-order valence-electron chi connectivity index (χ4n) is 6.46. The highest BCUT2D eigenvalue weighted by Crippen LogP contribution is 2.32. The number of hydrogen-bond acceptors (Lipinski definition) is 3. The number of halogens is 3. The average molecular weight is 522 g/mol. The van der Waals surface area contributed by atoms with Gasteiger partial charge in [0.2, 0.25) is 11.8 Å². The van der Waals surface area contributed by atoms with Crippen molar-refractivity contribution in [2.45, 2.75) is 102 Å². The highest BCUT2D eigenvalue weighted by Gasteiger charge is 2.42. The van der Waals surface area contributed by atoms with E-state index in [1.165, 1.54) is 0 Å². The van der Waals surface area contributed by atoms with Crippen molar-refractivity contribution in [3.05, 3.63) is 35.4 Å². The summed E-state index contributed by atoms with van der Waals surface area (Å²) in [5.74, 6) is -0.303. The standard InChI is InChI=1S/C29H42F3N3O2/c1-3-20(2)27(36)33-26(21-10-5-4-6-11-21)28(37)35-15-9-14-24(35)18-34(19-29(30,31)32)25-16-22-12-7-8-13-23(22)17-25/h7-8,12-13,20-21,24-26H,3-6,9-11,14-19H2,1-2H3,(H,33,36)/t20-,24+,26+/m1/s1. The molecule has 4 rings (SSSR count). The number of benzene rings is 1. The Morgan fingerprint density at radius 3 is 2.30 bits per heavy atom. The largest absolute Gasteiger partial charge is 0.401 e. The summed E-state index contributed by atoms with van der Waals surface area (Å²) in [6, 6.07) is 6.79. The van der Waals surface area contributed by atoms with Gasteiger partial charge in [-0.1, -0.05) is 57.4 Å². The number of carbonyl (C=O) groups is 2. The third kappa shape index (κ3) is 7.06. The monoisotopic (exact) mass is 521 g/mol. The number of amides is 2. The van der Waals surface area contributed by atoms with Crippen molar-refractivity contribution in [3.8, 4) is 0 Å². The molecule has 1 saturated carbocycles. The lowest BCUT2D eigenvalue weighted by molar-refractivity contribution is -0.153. The molecule has 3 aliphatic rings. The molecule has 0 spiro atoms. The highest BCUT2D eigenvalue weighted by molar-refractivity contribution is 5.89. The van der Waals surface area contributed by atoms with Crippen LogP contribution in [0.5, 0.6) is 0 Å². The van der Waals surface area contributed by atoms with Gasteiger partial charge in [0, 0.05) is 31.1 Å². The fraction of sp³-hybridized carbons (Fsp3) is 0.724. The zero-order chi connectivity index (χ0) is 26.6. The van der Waals surface area contributed by atoms with Crippen LogP contribution in [0.1, 0.15) is 76.3 Å². The van der Waals surface area contributed by atoms with E-state index < -0.39 is 18.8 Å². The van der Waals surface area contributed by atoms with Gasteiger partial charge < -0.3 is 10.2 Å². The van der Waals surface area contributed by atoms with E-state index in [1.54, 1.807) is 9.80 Å². The number of nitrogens with zero attached hydrogens (tertiary/aromatic N) is 2. The van der Waals surface area contributed by atoms with E-state index >= 15 is 0 Å². The smallest absolute Gasteiger partial charge is 0.344 e. The van der Waals surface area contributed by atoms with E-state index in [9.17, 15) is 22.8 Å². The Balaban J connectivity index is 1.50. The van der Waals surface area contributed by atoms with Gasteiger partial charge in [0.15, 0.2) is 0 Å². The van der Waals surface area contributed by atoms with Gasteiger partial charge in [-0.25, -0.2) is 0 Å². The predicted octanol–water partition coefficient (Wildman–Crippen LogP) is 5.12. The quantitative estimate of drug-likeness (QED) is 0.491. The summed E-state index contributed by atoms with van der Waals surface area (Å²) in [7, 11) is 0. The molecule has 3 atom stereocenters. The van der Waals surface area contributed by atoms with Crippen LogP contribution in [-0.4, -0.2) is 65.6 Å². The van der Waals surface area contributed by atoms with Gasteiger partial charge in [0.25, 0.3) is 0 Å². The van der Waals surface area contributed by atoms with Crippen LogP contribution in [0.15, 0.2) is 24.3 Å². The molecule has 1 heterocycles. The van der Waals surface area contributed by atoms with E-state index in [-0.39, 0.29) is 42.3 Å². The molecule has 0 aromatic heterocycles. The number of rotatable bonds is 9. The first kappa shape index (κ1) is 27.9. The van der Waals surface area contributed by atoms with Gasteiger partial charge in [-0.05, 0) is 62.0 Å². The van der Waals surface area contributed by atoms with Crippen molar-refractivity contribution in [1.82, 2.24) is 15.1 Å². The Morgan fingerprint density at radius 2 is 1.70 bits per heavy atom. The average Bonchev–Trinajstić information content (AvgIpc) is 3.52. The normalized spacial score (nSPS) is 22.8. The zero-order valence-corrected chi connectivity index (χ0v) is 22.2. The Kier molecular flexibility index (Phi) is 9.20. The molecule has 2 aliphatic carbocycles. The second kappa shape index (κ2) is 12.2. The Bertz CT molecular complexity index is 906. The van der Waals surface area contributed by atoms with E-state index in [4.69, 9.17) is 0 Å². The Labute approximate surface area is 219 Å². The number of hydrogen-bond donors (Lipinski definition) is 1. The van der Waals surface area contributed by atoms with Crippen molar-refractivity contribution in [2.75, 3.05) is 19.6 Å². The van der Waals surface area contributed by atoms with Gasteiger partial charge in [0.05, 0.1) is 6.54 Å². The van der Waals surface area contributed by atoms with Gasteiger partial charge in [-0.3, -0.25) is 14.5 Å². The van der Waals surface area contributed by atoms with E-state index in [2.05, 4.69) is 5.32 Å². The summed E-state index contributed by atoms with van der Waals surface area (Å²) in [6.45, 7) is 3.60. The van der Waals surface area contributed by atoms with Crippen LogP contribution in [0, 0.1) is 11.8 Å². The van der Waals surface area contributed by atoms with Gasteiger partial charge in [-0.2, -0.15) is 13.2 Å². The van der Waals surface area contributed by atoms with Crippen LogP contribution in [0.2, 0.25) is 0 Å². The molecule has 0 radical (unpaired) electrons. The minimum Gasteiger partial charge on any atom is -0.344 e. The third-order valence-corrected chi connectivity index (χ3v) is 8.78. The van der Waals surface area contributed by atoms with Crippen LogP contribution in [0.3, 0.4) is 0 Å².